The summed E-state index contributed by atoms with van der Waals surface area (Å²) in [5.74, 6) is -4.58. The summed E-state index contributed by atoms with van der Waals surface area (Å²) in [6.45, 7) is 8.76. The number of ether oxygens (including phenoxy) is 2. The third-order valence-electron chi connectivity index (χ3n) is 12.8. The van der Waals surface area contributed by atoms with Gasteiger partial charge in [-0.3, -0.25) is 19.2 Å². The van der Waals surface area contributed by atoms with E-state index in [1.165, 1.54) is 0 Å². The van der Waals surface area contributed by atoms with E-state index in [4.69, 9.17) is 9.47 Å². The SMILES string of the molecule is CC(C)C[C@H](NC(=O)c1ccccc1-c1ccccc1CNC(=O)OCc1ccccc1)C(=O)NCC(C)(F)F.CC(C)C[C@H](NC(=O)c1ccccc1-c1ccccc1CNC(=O)OCc1ccccc1)C(=O)NCc1ccccc1. The van der Waals surface area contributed by atoms with E-state index in [1.54, 1.807) is 36.4 Å². The molecule has 0 aliphatic heterocycles. The second kappa shape index (κ2) is 31.6. The molecule has 7 rings (SSSR count). The van der Waals surface area contributed by atoms with Gasteiger partial charge in [-0.05, 0) is 86.9 Å². The molecule has 6 N–H and O–H groups in total. The van der Waals surface area contributed by atoms with Gasteiger partial charge in [-0.25, -0.2) is 18.4 Å². The van der Waals surface area contributed by atoms with Crippen molar-refractivity contribution >= 4 is 35.8 Å². The summed E-state index contributed by atoms with van der Waals surface area (Å²) in [5, 5.41) is 16.4. The van der Waals surface area contributed by atoms with E-state index in [1.807, 2.05) is 179 Å². The highest BCUT2D eigenvalue weighted by molar-refractivity contribution is 6.04. The highest BCUT2D eigenvalue weighted by Gasteiger charge is 2.29. The summed E-state index contributed by atoms with van der Waals surface area (Å²) >= 11 is 0. The molecular weight excluding hydrogens is 1040 g/mol. The van der Waals surface area contributed by atoms with E-state index in [0.29, 0.717) is 40.8 Å². The zero-order valence-electron chi connectivity index (χ0n) is 46.9. The lowest BCUT2D eigenvalue weighted by Crippen LogP contribution is -2.49. The largest absolute Gasteiger partial charge is 0.445 e. The first-order valence-electron chi connectivity index (χ1n) is 27.3. The van der Waals surface area contributed by atoms with E-state index in [-0.39, 0.29) is 56.4 Å². The lowest BCUT2D eigenvalue weighted by Gasteiger charge is -2.22. The molecule has 0 fully saturated rings. The molecule has 0 radical (unpaired) electrons. The van der Waals surface area contributed by atoms with Crippen molar-refractivity contribution in [3.8, 4) is 22.3 Å². The Morgan fingerprint density at radius 3 is 1.15 bits per heavy atom. The van der Waals surface area contributed by atoms with Crippen LogP contribution < -0.4 is 31.9 Å². The Labute approximate surface area is 478 Å². The number of alkyl carbamates (subject to hydrolysis) is 2. The molecule has 0 bridgehead atoms. The maximum absolute atomic E-state index is 13.6. The van der Waals surface area contributed by atoms with E-state index in [9.17, 15) is 37.5 Å². The zero-order chi connectivity index (χ0) is 58.9. The summed E-state index contributed by atoms with van der Waals surface area (Å²) < 4.78 is 37.3. The molecule has 2 atom stereocenters. The Hall–Kier alpha value is -9.18. The molecule has 0 unspecified atom stereocenters. The van der Waals surface area contributed by atoms with Gasteiger partial charge >= 0.3 is 12.2 Å². The number of halogens is 2. The van der Waals surface area contributed by atoms with Crippen LogP contribution in [0, 0.1) is 11.8 Å². The second-order valence-electron chi connectivity index (χ2n) is 20.5. The number of alkyl halides is 2. The standard InChI is InChI=1S/C35H37N3O4.C31H35F2N3O4/c1-25(2)21-32(34(40)36-22-26-13-5-3-6-14-26)38-33(39)31-20-12-11-19-30(31)29-18-10-9-17-28(29)23-37-35(41)42-24-27-15-7-4-8-16-27;1-21(2)17-27(29(38)35-20-31(3,32)33)36-28(37)26-16-10-9-15-25(26)24-14-8-7-13-23(24)18-34-30(39)40-19-22-11-5-4-6-12-22/h3-20,25,32H,21-24H2,1-2H3,(H,36,40)(H,37,41)(H,38,39);4-16,21,27H,17-20H2,1-3H3,(H,34,39)(H,35,38)(H,36,37)/t32-;27-/m00/s1. The molecule has 0 heterocycles. The Kier molecular flexibility index (Phi) is 23.9. The molecule has 6 amide bonds. The Bertz CT molecular complexity index is 3190. The number of benzene rings is 7. The first-order valence-corrected chi connectivity index (χ1v) is 27.3. The average molecular weight is 1120 g/mol. The van der Waals surface area contributed by atoms with Crippen LogP contribution in [0.5, 0.6) is 0 Å². The normalized spacial score (nSPS) is 11.7. The molecule has 7 aromatic rings. The molecular formula is C66H72F2N6O8. The van der Waals surface area contributed by atoms with Crippen molar-refractivity contribution in [1.82, 2.24) is 31.9 Å². The maximum atomic E-state index is 13.6. The lowest BCUT2D eigenvalue weighted by atomic mass is 9.94. The van der Waals surface area contributed by atoms with Gasteiger partial charge in [-0.1, -0.05) is 204 Å². The van der Waals surface area contributed by atoms with Crippen LogP contribution in [-0.4, -0.2) is 60.4 Å². The van der Waals surface area contributed by atoms with E-state index in [2.05, 4.69) is 31.9 Å². The molecule has 428 valence electrons. The molecule has 0 aliphatic rings. The fourth-order valence-corrected chi connectivity index (χ4v) is 8.74. The summed E-state index contributed by atoms with van der Waals surface area (Å²) in [6, 6.07) is 55.9. The van der Waals surface area contributed by atoms with Crippen LogP contribution in [0.3, 0.4) is 0 Å². The van der Waals surface area contributed by atoms with Crippen molar-refractivity contribution in [3.05, 3.63) is 227 Å². The lowest BCUT2D eigenvalue weighted by molar-refractivity contribution is -0.125. The summed E-state index contributed by atoms with van der Waals surface area (Å²) in [4.78, 5) is 77.6. The maximum Gasteiger partial charge on any atom is 0.407 e. The van der Waals surface area contributed by atoms with Gasteiger partial charge < -0.3 is 41.4 Å². The predicted molar refractivity (Wildman–Crippen MR) is 314 cm³/mol. The van der Waals surface area contributed by atoms with Gasteiger partial charge in [0.15, 0.2) is 0 Å². The monoisotopic (exact) mass is 1110 g/mol. The Morgan fingerprint density at radius 1 is 0.415 bits per heavy atom. The highest BCUT2D eigenvalue weighted by Crippen LogP contribution is 2.29. The number of hydrogen-bond donors (Lipinski definition) is 6. The summed E-state index contributed by atoms with van der Waals surface area (Å²) in [7, 11) is 0. The van der Waals surface area contributed by atoms with Crippen molar-refractivity contribution in [2.75, 3.05) is 6.54 Å². The smallest absolute Gasteiger partial charge is 0.407 e. The number of carbonyl (C=O) groups is 6. The van der Waals surface area contributed by atoms with Gasteiger partial charge in [0.25, 0.3) is 17.7 Å². The minimum absolute atomic E-state index is 0.0295. The van der Waals surface area contributed by atoms with Crippen molar-refractivity contribution in [1.29, 1.82) is 0 Å². The van der Waals surface area contributed by atoms with Crippen LogP contribution in [0.15, 0.2) is 188 Å². The quantitative estimate of drug-likeness (QED) is 0.0344. The van der Waals surface area contributed by atoms with Crippen molar-refractivity contribution in [3.63, 3.8) is 0 Å². The molecule has 14 nitrogen and oxygen atoms in total. The fraction of sp³-hybridized carbons (Fsp3) is 0.273. The second-order valence-corrected chi connectivity index (χ2v) is 20.5. The number of rotatable bonds is 24. The molecule has 0 saturated heterocycles. The van der Waals surface area contributed by atoms with Gasteiger partial charge in [0, 0.05) is 37.7 Å². The van der Waals surface area contributed by atoms with Crippen molar-refractivity contribution < 1.29 is 47.0 Å². The molecule has 0 aromatic heterocycles. The third kappa shape index (κ3) is 20.5. The van der Waals surface area contributed by atoms with Crippen LogP contribution in [0.1, 0.15) is 96.0 Å². The van der Waals surface area contributed by atoms with E-state index in [0.717, 1.165) is 40.3 Å². The van der Waals surface area contributed by atoms with E-state index < -0.39 is 48.6 Å². The van der Waals surface area contributed by atoms with Crippen LogP contribution in [-0.2, 0) is 51.9 Å². The van der Waals surface area contributed by atoms with E-state index >= 15 is 0 Å². The van der Waals surface area contributed by atoms with Crippen LogP contribution in [0.2, 0.25) is 0 Å². The fourth-order valence-electron chi connectivity index (χ4n) is 8.74. The third-order valence-corrected chi connectivity index (χ3v) is 12.8. The minimum atomic E-state index is -3.07. The highest BCUT2D eigenvalue weighted by atomic mass is 19.3. The number of amides is 6. The first kappa shape index (κ1) is 62.0. The molecule has 0 aliphatic carbocycles. The number of nitrogens with one attached hydrogen (secondary N) is 6. The van der Waals surface area contributed by atoms with Gasteiger partial charge in [0.1, 0.15) is 25.3 Å². The Balaban J connectivity index is 0.000000264. The van der Waals surface area contributed by atoms with Crippen LogP contribution >= 0.6 is 0 Å². The topological polar surface area (TPSA) is 193 Å². The van der Waals surface area contributed by atoms with Crippen molar-refractivity contribution in [2.24, 2.45) is 11.8 Å². The van der Waals surface area contributed by atoms with Gasteiger partial charge in [0.05, 0.1) is 6.54 Å². The average Bonchev–Trinajstić information content (AvgIpc) is 3.64. The van der Waals surface area contributed by atoms with Crippen LogP contribution in [0.25, 0.3) is 22.3 Å². The van der Waals surface area contributed by atoms with Gasteiger partial charge in [-0.15, -0.1) is 0 Å². The van der Waals surface area contributed by atoms with Crippen molar-refractivity contribution in [2.45, 2.75) is 98.3 Å². The molecule has 7 aromatic carbocycles. The number of carbonyl (C=O) groups excluding carboxylic acids is 6. The molecule has 0 saturated carbocycles. The minimum Gasteiger partial charge on any atom is -0.445 e. The zero-order valence-corrected chi connectivity index (χ0v) is 46.9. The predicted octanol–water partition coefficient (Wildman–Crippen LogP) is 11.9. The van der Waals surface area contributed by atoms with Crippen LogP contribution in [0.4, 0.5) is 18.4 Å². The van der Waals surface area contributed by atoms with Gasteiger partial charge in [0.2, 0.25) is 11.8 Å². The summed E-state index contributed by atoms with van der Waals surface area (Å²) in [6.07, 6.45) is -0.330. The molecule has 0 spiro atoms. The summed E-state index contributed by atoms with van der Waals surface area (Å²) in [5.41, 5.74) is 7.91. The molecule has 82 heavy (non-hydrogen) atoms. The first-order chi connectivity index (χ1) is 39.4. The molecule has 16 heteroatoms. The number of hydrogen-bond acceptors (Lipinski definition) is 8. The Morgan fingerprint density at radius 2 is 0.756 bits per heavy atom. The van der Waals surface area contributed by atoms with Gasteiger partial charge in [-0.2, -0.15) is 0 Å².